The molecular formula is C17H26IN3O. The third-order valence-corrected chi connectivity index (χ3v) is 4.74. The van der Waals surface area contributed by atoms with Gasteiger partial charge >= 0.3 is 0 Å². The lowest BCUT2D eigenvalue weighted by Gasteiger charge is -2.21. The molecule has 0 amide bonds. The first-order valence-electron chi connectivity index (χ1n) is 8.06. The van der Waals surface area contributed by atoms with Gasteiger partial charge in [-0.15, -0.1) is 24.0 Å². The number of fused-ring (bicyclic) bond motifs is 1. The minimum absolute atomic E-state index is 0. The summed E-state index contributed by atoms with van der Waals surface area (Å²) in [7, 11) is 0. The van der Waals surface area contributed by atoms with Gasteiger partial charge < -0.3 is 16.2 Å². The zero-order valence-electron chi connectivity index (χ0n) is 13.0. The van der Waals surface area contributed by atoms with E-state index in [0.717, 1.165) is 44.2 Å². The molecule has 0 atom stereocenters. The van der Waals surface area contributed by atoms with Gasteiger partial charge in [0, 0.05) is 5.69 Å². The molecule has 4 N–H and O–H groups in total. The van der Waals surface area contributed by atoms with E-state index in [2.05, 4.69) is 28.5 Å². The molecule has 122 valence electrons. The summed E-state index contributed by atoms with van der Waals surface area (Å²) >= 11 is 0. The number of aryl methyl sites for hydroxylation is 1. The Morgan fingerprint density at radius 2 is 1.91 bits per heavy atom. The Morgan fingerprint density at radius 1 is 1.18 bits per heavy atom. The molecule has 0 heterocycles. The number of guanidine groups is 1. The fourth-order valence-corrected chi connectivity index (χ4v) is 3.50. The van der Waals surface area contributed by atoms with Crippen molar-refractivity contribution in [2.24, 2.45) is 10.7 Å². The van der Waals surface area contributed by atoms with Crippen molar-refractivity contribution in [2.45, 2.75) is 57.0 Å². The summed E-state index contributed by atoms with van der Waals surface area (Å²) in [6.07, 6.45) is 8.62. The van der Waals surface area contributed by atoms with Gasteiger partial charge in [-0.1, -0.05) is 25.0 Å². The number of nitrogens with two attached hydrogens (primary N) is 1. The lowest BCUT2D eigenvalue weighted by Crippen LogP contribution is -2.31. The highest BCUT2D eigenvalue weighted by atomic mass is 127. The number of hydrogen-bond donors (Lipinski definition) is 3. The Kier molecular flexibility index (Phi) is 6.09. The largest absolute Gasteiger partial charge is 0.388 e. The van der Waals surface area contributed by atoms with Crippen LogP contribution < -0.4 is 11.1 Å². The molecule has 3 rings (SSSR count). The number of hydrogen-bond acceptors (Lipinski definition) is 2. The van der Waals surface area contributed by atoms with Gasteiger partial charge in [0.2, 0.25) is 0 Å². The van der Waals surface area contributed by atoms with Gasteiger partial charge in [-0.2, -0.15) is 0 Å². The minimum Gasteiger partial charge on any atom is -0.388 e. The van der Waals surface area contributed by atoms with E-state index in [4.69, 9.17) is 5.73 Å². The van der Waals surface area contributed by atoms with Crippen molar-refractivity contribution in [1.29, 1.82) is 0 Å². The van der Waals surface area contributed by atoms with Crippen molar-refractivity contribution < 1.29 is 5.11 Å². The van der Waals surface area contributed by atoms with Crippen LogP contribution in [0.15, 0.2) is 23.2 Å². The topological polar surface area (TPSA) is 70.6 Å². The Labute approximate surface area is 149 Å². The highest BCUT2D eigenvalue weighted by Gasteiger charge is 2.30. The zero-order valence-corrected chi connectivity index (χ0v) is 15.3. The molecule has 5 heteroatoms. The molecule has 2 aliphatic rings. The summed E-state index contributed by atoms with van der Waals surface area (Å²) in [5.74, 6) is 0.411. The van der Waals surface area contributed by atoms with E-state index >= 15 is 0 Å². The molecule has 0 unspecified atom stereocenters. The Bertz CT molecular complexity index is 539. The molecule has 0 aromatic heterocycles. The number of aliphatic hydroxyl groups is 1. The van der Waals surface area contributed by atoms with Crippen LogP contribution in [0.25, 0.3) is 0 Å². The van der Waals surface area contributed by atoms with Crippen LogP contribution in [-0.4, -0.2) is 23.2 Å². The van der Waals surface area contributed by atoms with Crippen molar-refractivity contribution in [2.75, 3.05) is 11.9 Å². The van der Waals surface area contributed by atoms with Crippen molar-refractivity contribution >= 4 is 35.6 Å². The Balaban J connectivity index is 0.00000176. The number of benzene rings is 1. The van der Waals surface area contributed by atoms with Crippen LogP contribution in [0.3, 0.4) is 0 Å². The average Bonchev–Trinajstić information content (AvgIpc) is 2.93. The number of anilines is 1. The Morgan fingerprint density at radius 3 is 2.68 bits per heavy atom. The standard InChI is InChI=1S/C17H25N3O.HI/c18-16(19-12-17(21)10-3-4-11-17)20-15-9-5-7-13-6-1-2-8-14(13)15;/h5,7,9,21H,1-4,6,8,10-12H2,(H3,18,19,20);1H. The minimum atomic E-state index is -0.636. The average molecular weight is 415 g/mol. The van der Waals surface area contributed by atoms with Gasteiger partial charge in [0.05, 0.1) is 12.1 Å². The smallest absolute Gasteiger partial charge is 0.193 e. The molecule has 4 nitrogen and oxygen atoms in total. The van der Waals surface area contributed by atoms with Crippen LogP contribution in [0, 0.1) is 0 Å². The van der Waals surface area contributed by atoms with Crippen molar-refractivity contribution in [1.82, 2.24) is 0 Å². The summed E-state index contributed by atoms with van der Waals surface area (Å²) < 4.78 is 0. The highest BCUT2D eigenvalue weighted by molar-refractivity contribution is 14.0. The summed E-state index contributed by atoms with van der Waals surface area (Å²) in [5.41, 5.74) is 9.24. The molecule has 0 bridgehead atoms. The van der Waals surface area contributed by atoms with Gasteiger partial charge in [-0.3, -0.25) is 4.99 Å². The van der Waals surface area contributed by atoms with Crippen molar-refractivity contribution in [3.63, 3.8) is 0 Å². The van der Waals surface area contributed by atoms with E-state index in [0.29, 0.717) is 12.5 Å². The maximum absolute atomic E-state index is 10.3. The lowest BCUT2D eigenvalue weighted by atomic mass is 9.90. The van der Waals surface area contributed by atoms with Gasteiger partial charge in [0.1, 0.15) is 0 Å². The van der Waals surface area contributed by atoms with Crippen LogP contribution in [0.2, 0.25) is 0 Å². The molecule has 1 aromatic carbocycles. The Hall–Kier alpha value is -0.820. The molecule has 0 aliphatic heterocycles. The SMILES string of the molecule is I.NC(=NCC1(O)CCCC1)Nc1cccc2c1CCCC2. The van der Waals surface area contributed by atoms with E-state index < -0.39 is 5.60 Å². The summed E-state index contributed by atoms with van der Waals surface area (Å²) in [4.78, 5) is 4.36. The zero-order chi connectivity index (χ0) is 14.7. The van der Waals surface area contributed by atoms with Crippen molar-refractivity contribution in [3.05, 3.63) is 29.3 Å². The number of nitrogens with one attached hydrogen (secondary N) is 1. The predicted molar refractivity (Wildman–Crippen MR) is 102 cm³/mol. The normalized spacial score (nSPS) is 20.1. The first-order chi connectivity index (χ1) is 10.2. The lowest BCUT2D eigenvalue weighted by molar-refractivity contribution is 0.0575. The van der Waals surface area contributed by atoms with E-state index in [1.54, 1.807) is 0 Å². The van der Waals surface area contributed by atoms with Crippen LogP contribution in [0.4, 0.5) is 5.69 Å². The van der Waals surface area contributed by atoms with Crippen LogP contribution in [0.1, 0.15) is 49.7 Å². The molecule has 22 heavy (non-hydrogen) atoms. The van der Waals surface area contributed by atoms with Gasteiger partial charge in [-0.05, 0) is 55.7 Å². The quantitative estimate of drug-likeness (QED) is 0.404. The fraction of sp³-hybridized carbons (Fsp3) is 0.588. The summed E-state index contributed by atoms with van der Waals surface area (Å²) in [5, 5.41) is 13.5. The molecule has 0 radical (unpaired) electrons. The number of halogens is 1. The van der Waals surface area contributed by atoms with Gasteiger partial charge in [0.25, 0.3) is 0 Å². The van der Waals surface area contributed by atoms with E-state index in [1.165, 1.54) is 24.0 Å². The number of aliphatic imine (C=N–C) groups is 1. The highest BCUT2D eigenvalue weighted by Crippen LogP contribution is 2.30. The van der Waals surface area contributed by atoms with E-state index in [1.807, 2.05) is 0 Å². The molecule has 0 spiro atoms. The second-order valence-corrected chi connectivity index (χ2v) is 6.41. The third kappa shape index (κ3) is 4.13. The summed E-state index contributed by atoms with van der Waals surface area (Å²) in [6.45, 7) is 0.404. The second kappa shape index (κ2) is 7.64. The second-order valence-electron chi connectivity index (χ2n) is 6.41. The van der Waals surface area contributed by atoms with Crippen LogP contribution in [0.5, 0.6) is 0 Å². The molecule has 2 aliphatic carbocycles. The predicted octanol–water partition coefficient (Wildman–Crippen LogP) is 3.22. The van der Waals surface area contributed by atoms with E-state index in [9.17, 15) is 5.11 Å². The first-order valence-corrected chi connectivity index (χ1v) is 8.06. The number of nitrogens with zero attached hydrogens (tertiary/aromatic N) is 1. The fourth-order valence-electron chi connectivity index (χ4n) is 3.50. The van der Waals surface area contributed by atoms with Gasteiger partial charge in [-0.25, -0.2) is 0 Å². The van der Waals surface area contributed by atoms with Gasteiger partial charge in [0.15, 0.2) is 5.96 Å². The monoisotopic (exact) mass is 415 g/mol. The molecular weight excluding hydrogens is 389 g/mol. The first kappa shape index (κ1) is 17.5. The molecule has 1 saturated carbocycles. The molecule has 1 fully saturated rings. The van der Waals surface area contributed by atoms with Crippen molar-refractivity contribution in [3.8, 4) is 0 Å². The van der Waals surface area contributed by atoms with E-state index in [-0.39, 0.29) is 24.0 Å². The van der Waals surface area contributed by atoms with Crippen LogP contribution in [-0.2, 0) is 12.8 Å². The molecule has 0 saturated heterocycles. The van der Waals surface area contributed by atoms with Crippen LogP contribution >= 0.6 is 24.0 Å². The molecule has 1 aromatic rings. The third-order valence-electron chi connectivity index (χ3n) is 4.74. The maximum atomic E-state index is 10.3. The number of rotatable bonds is 3. The summed E-state index contributed by atoms with van der Waals surface area (Å²) in [6, 6.07) is 6.34. The maximum Gasteiger partial charge on any atom is 0.193 e.